The molecule has 0 saturated heterocycles. The van der Waals surface area contributed by atoms with Crippen molar-refractivity contribution < 1.29 is 14.3 Å². The number of aromatic nitrogens is 1. The Kier molecular flexibility index (Phi) is 4.10. The summed E-state index contributed by atoms with van der Waals surface area (Å²) in [6.07, 6.45) is 1.34. The second-order valence-electron chi connectivity index (χ2n) is 4.14. The summed E-state index contributed by atoms with van der Waals surface area (Å²) in [4.78, 5) is 15.5. The molecule has 0 unspecified atom stereocenters. The zero-order valence-electron chi connectivity index (χ0n) is 11.0. The van der Waals surface area contributed by atoms with Crippen LogP contribution in [0.1, 0.15) is 15.9 Å². The molecular formula is C14H13ClN2O3. The van der Waals surface area contributed by atoms with Crippen molar-refractivity contribution in [1.29, 1.82) is 0 Å². The molecule has 1 heterocycles. The van der Waals surface area contributed by atoms with Crippen molar-refractivity contribution >= 4 is 23.3 Å². The first-order valence-electron chi connectivity index (χ1n) is 5.79. The minimum Gasteiger partial charge on any atom is -0.465 e. The lowest BCUT2D eigenvalue weighted by atomic mass is 10.2. The van der Waals surface area contributed by atoms with E-state index in [9.17, 15) is 4.79 Å². The second kappa shape index (κ2) is 5.79. The van der Waals surface area contributed by atoms with E-state index in [1.165, 1.54) is 19.4 Å². The predicted octanol–water partition coefficient (Wildman–Crippen LogP) is 3.20. The molecule has 6 heteroatoms. The Labute approximate surface area is 121 Å². The number of methoxy groups -OCH3 is 1. The Hall–Kier alpha value is -2.27. The van der Waals surface area contributed by atoms with Gasteiger partial charge in [0.25, 0.3) is 0 Å². The molecule has 2 aromatic rings. The summed E-state index contributed by atoms with van der Waals surface area (Å²) in [7, 11) is 1.28. The molecule has 0 aliphatic heterocycles. The van der Waals surface area contributed by atoms with Crippen LogP contribution in [-0.2, 0) is 4.74 Å². The van der Waals surface area contributed by atoms with Crippen LogP contribution in [0, 0.1) is 6.92 Å². The van der Waals surface area contributed by atoms with E-state index in [0.717, 1.165) is 5.56 Å². The first-order valence-corrected chi connectivity index (χ1v) is 6.17. The van der Waals surface area contributed by atoms with Gasteiger partial charge in [-0.25, -0.2) is 9.78 Å². The molecule has 0 radical (unpaired) electrons. The van der Waals surface area contributed by atoms with Gasteiger partial charge in [-0.15, -0.1) is 0 Å². The number of rotatable bonds is 3. The number of hydrogen-bond donors (Lipinski definition) is 1. The van der Waals surface area contributed by atoms with E-state index >= 15 is 0 Å². The van der Waals surface area contributed by atoms with Crippen LogP contribution in [0.3, 0.4) is 0 Å². The normalized spacial score (nSPS) is 10.2. The number of anilines is 1. The maximum absolute atomic E-state index is 11.5. The fourth-order valence-electron chi connectivity index (χ4n) is 1.59. The van der Waals surface area contributed by atoms with Crippen LogP contribution in [-0.4, -0.2) is 18.1 Å². The molecule has 104 valence electrons. The first-order chi connectivity index (χ1) is 9.51. The smallest absolute Gasteiger partial charge is 0.340 e. The Morgan fingerprint density at radius 1 is 1.35 bits per heavy atom. The van der Waals surface area contributed by atoms with Gasteiger partial charge in [0, 0.05) is 6.07 Å². The number of ether oxygens (including phenoxy) is 2. The second-order valence-corrected chi connectivity index (χ2v) is 4.54. The van der Waals surface area contributed by atoms with Crippen molar-refractivity contribution in [3.05, 3.63) is 46.6 Å². The van der Waals surface area contributed by atoms with E-state index in [1.807, 2.05) is 13.0 Å². The molecule has 1 aromatic heterocycles. The van der Waals surface area contributed by atoms with Gasteiger partial charge >= 0.3 is 5.97 Å². The van der Waals surface area contributed by atoms with Gasteiger partial charge in [-0.05, 0) is 24.6 Å². The average Bonchev–Trinajstić information content (AvgIpc) is 2.43. The molecule has 20 heavy (non-hydrogen) atoms. The van der Waals surface area contributed by atoms with Crippen LogP contribution in [0.5, 0.6) is 11.6 Å². The summed E-state index contributed by atoms with van der Waals surface area (Å²) in [6, 6.07) is 6.78. The molecule has 0 fully saturated rings. The molecule has 0 atom stereocenters. The molecular weight excluding hydrogens is 280 g/mol. The van der Waals surface area contributed by atoms with Gasteiger partial charge < -0.3 is 15.2 Å². The Bertz CT molecular complexity index is 659. The largest absolute Gasteiger partial charge is 0.465 e. The third-order valence-electron chi connectivity index (χ3n) is 2.62. The van der Waals surface area contributed by atoms with Gasteiger partial charge in [0.2, 0.25) is 5.88 Å². The van der Waals surface area contributed by atoms with Crippen LogP contribution in [0.15, 0.2) is 30.5 Å². The quantitative estimate of drug-likeness (QED) is 0.879. The molecule has 0 saturated carbocycles. The highest BCUT2D eigenvalue weighted by Crippen LogP contribution is 2.30. The van der Waals surface area contributed by atoms with Crippen molar-refractivity contribution in [2.24, 2.45) is 0 Å². The van der Waals surface area contributed by atoms with E-state index in [0.29, 0.717) is 10.8 Å². The van der Waals surface area contributed by atoms with Crippen LogP contribution >= 0.6 is 11.6 Å². The molecule has 0 amide bonds. The number of halogens is 1. The van der Waals surface area contributed by atoms with E-state index in [2.05, 4.69) is 9.72 Å². The van der Waals surface area contributed by atoms with E-state index in [1.54, 1.807) is 12.1 Å². The van der Waals surface area contributed by atoms with Gasteiger partial charge in [0.15, 0.2) is 0 Å². The number of nitrogen functional groups attached to an aromatic ring is 1. The summed E-state index contributed by atoms with van der Waals surface area (Å²) in [6.45, 7) is 1.92. The third kappa shape index (κ3) is 3.00. The number of esters is 1. The van der Waals surface area contributed by atoms with Crippen molar-refractivity contribution in [1.82, 2.24) is 4.98 Å². The lowest BCUT2D eigenvalue weighted by molar-refractivity contribution is 0.0601. The molecule has 2 rings (SSSR count). The fraction of sp³-hybridized carbons (Fsp3) is 0.143. The molecule has 5 nitrogen and oxygen atoms in total. The lowest BCUT2D eigenvalue weighted by Gasteiger charge is -2.09. The van der Waals surface area contributed by atoms with Crippen LogP contribution < -0.4 is 10.5 Å². The summed E-state index contributed by atoms with van der Waals surface area (Å²) >= 11 is 6.07. The van der Waals surface area contributed by atoms with Crippen molar-refractivity contribution in [3.63, 3.8) is 0 Å². The van der Waals surface area contributed by atoms with Crippen LogP contribution in [0.4, 0.5) is 5.69 Å². The number of carbonyl (C=O) groups excluding carboxylic acids is 1. The molecule has 1 aromatic carbocycles. The summed E-state index contributed by atoms with van der Waals surface area (Å²) < 4.78 is 10.2. The molecule has 2 N–H and O–H groups in total. The van der Waals surface area contributed by atoms with Crippen molar-refractivity contribution in [2.45, 2.75) is 6.92 Å². The number of nitrogens with zero attached hydrogens (tertiary/aromatic N) is 1. The number of pyridine rings is 1. The van der Waals surface area contributed by atoms with E-state index in [4.69, 9.17) is 22.1 Å². The minimum atomic E-state index is -0.551. The summed E-state index contributed by atoms with van der Waals surface area (Å²) in [5.41, 5.74) is 7.10. The zero-order chi connectivity index (χ0) is 14.7. The highest BCUT2D eigenvalue weighted by atomic mass is 35.5. The predicted molar refractivity (Wildman–Crippen MR) is 76.3 cm³/mol. The van der Waals surface area contributed by atoms with Gasteiger partial charge in [0.1, 0.15) is 5.75 Å². The van der Waals surface area contributed by atoms with Crippen LogP contribution in [0.25, 0.3) is 0 Å². The molecule has 0 aliphatic rings. The molecule has 0 bridgehead atoms. The van der Waals surface area contributed by atoms with Crippen LogP contribution in [0.2, 0.25) is 5.02 Å². The van der Waals surface area contributed by atoms with Gasteiger partial charge in [-0.3, -0.25) is 0 Å². The van der Waals surface area contributed by atoms with Gasteiger partial charge in [0.05, 0.1) is 29.6 Å². The van der Waals surface area contributed by atoms with E-state index in [-0.39, 0.29) is 17.1 Å². The van der Waals surface area contributed by atoms with Gasteiger partial charge in [-0.2, -0.15) is 0 Å². The topological polar surface area (TPSA) is 74.4 Å². The standard InChI is InChI=1S/C14H13ClN2O3/c1-8-3-4-12(10(15)5-8)20-13-6-9(14(18)19-2)11(16)7-17-13/h3-7H,16H2,1-2H3. The third-order valence-corrected chi connectivity index (χ3v) is 2.91. The Morgan fingerprint density at radius 2 is 2.10 bits per heavy atom. The number of nitrogens with two attached hydrogens (primary N) is 1. The molecule has 0 spiro atoms. The SMILES string of the molecule is COC(=O)c1cc(Oc2ccc(C)cc2Cl)ncc1N. The van der Waals surface area contributed by atoms with Crippen molar-refractivity contribution in [3.8, 4) is 11.6 Å². The lowest BCUT2D eigenvalue weighted by Crippen LogP contribution is -2.06. The number of benzene rings is 1. The summed E-state index contributed by atoms with van der Waals surface area (Å²) in [5.74, 6) is 0.112. The monoisotopic (exact) mass is 292 g/mol. The number of carbonyl (C=O) groups is 1. The Morgan fingerprint density at radius 3 is 2.75 bits per heavy atom. The van der Waals surface area contributed by atoms with Gasteiger partial charge in [-0.1, -0.05) is 17.7 Å². The number of hydrogen-bond acceptors (Lipinski definition) is 5. The maximum atomic E-state index is 11.5. The summed E-state index contributed by atoms with van der Waals surface area (Å²) in [5, 5.41) is 0.461. The minimum absolute atomic E-state index is 0.195. The Balaban J connectivity index is 2.32. The van der Waals surface area contributed by atoms with E-state index < -0.39 is 5.97 Å². The van der Waals surface area contributed by atoms with Crippen molar-refractivity contribution in [2.75, 3.05) is 12.8 Å². The zero-order valence-corrected chi connectivity index (χ0v) is 11.8. The average molecular weight is 293 g/mol. The highest BCUT2D eigenvalue weighted by molar-refractivity contribution is 6.32. The molecule has 0 aliphatic carbocycles. The maximum Gasteiger partial charge on any atom is 0.340 e. The first kappa shape index (κ1) is 14.1. The fourth-order valence-corrected chi connectivity index (χ4v) is 1.86. The highest BCUT2D eigenvalue weighted by Gasteiger charge is 2.13. The number of aryl methyl sites for hydroxylation is 1.